The minimum atomic E-state index is -1.05. The minimum absolute atomic E-state index is 0.0242. The van der Waals surface area contributed by atoms with Crippen molar-refractivity contribution in [2.75, 3.05) is 13.6 Å². The van der Waals surface area contributed by atoms with Crippen LogP contribution in [0.4, 0.5) is 4.79 Å². The first-order chi connectivity index (χ1) is 9.45. The Morgan fingerprint density at radius 1 is 1.65 bits per heavy atom. The number of nitriles is 1. The van der Waals surface area contributed by atoms with Crippen molar-refractivity contribution >= 4 is 23.3 Å². The van der Waals surface area contributed by atoms with Crippen molar-refractivity contribution in [1.82, 2.24) is 15.2 Å². The van der Waals surface area contributed by atoms with Crippen molar-refractivity contribution < 1.29 is 14.7 Å². The van der Waals surface area contributed by atoms with Crippen molar-refractivity contribution in [3.63, 3.8) is 0 Å². The van der Waals surface area contributed by atoms with Crippen LogP contribution in [-0.2, 0) is 6.42 Å². The van der Waals surface area contributed by atoms with Gasteiger partial charge >= 0.3 is 12.0 Å². The second-order valence-electron chi connectivity index (χ2n) is 4.24. The van der Waals surface area contributed by atoms with Gasteiger partial charge in [-0.3, -0.25) is 0 Å². The molecule has 1 aromatic rings. The third-order valence-corrected chi connectivity index (χ3v) is 3.66. The van der Waals surface area contributed by atoms with Gasteiger partial charge in [-0.2, -0.15) is 5.26 Å². The van der Waals surface area contributed by atoms with E-state index in [1.807, 2.05) is 6.07 Å². The number of thiazole rings is 1. The Hall–Kier alpha value is -2.14. The van der Waals surface area contributed by atoms with E-state index in [4.69, 9.17) is 10.4 Å². The third-order valence-electron chi connectivity index (χ3n) is 2.75. The van der Waals surface area contributed by atoms with Gasteiger partial charge in [-0.05, 0) is 6.92 Å². The quantitative estimate of drug-likeness (QED) is 0.823. The standard InChI is InChI=1S/C12H16N4O3S/c1-8(3-5-13)16(2)12(19)14-6-4-10-15-9(7-20-10)11(17)18/h7-8H,3-4,6H2,1-2H3,(H,14,19)(H,17,18). The molecule has 2 N–H and O–H groups in total. The van der Waals surface area contributed by atoms with Crippen molar-refractivity contribution in [3.8, 4) is 6.07 Å². The first kappa shape index (κ1) is 15.9. The second-order valence-corrected chi connectivity index (χ2v) is 5.18. The topological polar surface area (TPSA) is 106 Å². The van der Waals surface area contributed by atoms with Crippen molar-refractivity contribution in [2.45, 2.75) is 25.8 Å². The van der Waals surface area contributed by atoms with Crippen LogP contribution in [0.3, 0.4) is 0 Å². The van der Waals surface area contributed by atoms with E-state index in [-0.39, 0.29) is 24.2 Å². The van der Waals surface area contributed by atoms with Gasteiger partial charge in [-0.25, -0.2) is 14.6 Å². The molecule has 20 heavy (non-hydrogen) atoms. The van der Waals surface area contributed by atoms with Crippen molar-refractivity contribution in [3.05, 3.63) is 16.1 Å². The molecular formula is C12H16N4O3S. The SMILES string of the molecule is CC(CC#N)N(C)C(=O)NCCc1nc(C(=O)O)cs1. The number of nitrogens with one attached hydrogen (secondary N) is 1. The van der Waals surface area contributed by atoms with Gasteiger partial charge in [0.2, 0.25) is 0 Å². The Kier molecular flexibility index (Phi) is 5.93. The summed E-state index contributed by atoms with van der Waals surface area (Å²) in [6.07, 6.45) is 0.753. The highest BCUT2D eigenvalue weighted by Gasteiger charge is 2.15. The first-order valence-corrected chi connectivity index (χ1v) is 6.89. The van der Waals surface area contributed by atoms with Crippen LogP contribution < -0.4 is 5.32 Å². The summed E-state index contributed by atoms with van der Waals surface area (Å²) >= 11 is 1.25. The number of aromatic nitrogens is 1. The zero-order chi connectivity index (χ0) is 15.1. The molecule has 8 heteroatoms. The number of amides is 2. The van der Waals surface area contributed by atoms with E-state index in [9.17, 15) is 9.59 Å². The molecule has 0 fully saturated rings. The van der Waals surface area contributed by atoms with Crippen LogP contribution in [0.25, 0.3) is 0 Å². The average Bonchev–Trinajstić information content (AvgIpc) is 2.87. The summed E-state index contributed by atoms with van der Waals surface area (Å²) in [6, 6.07) is 1.60. The Labute approximate surface area is 120 Å². The molecule has 0 spiro atoms. The number of carboxylic acid groups (broad SMARTS) is 1. The minimum Gasteiger partial charge on any atom is -0.476 e. The number of urea groups is 1. The zero-order valence-electron chi connectivity index (χ0n) is 11.3. The number of carbonyl (C=O) groups is 2. The number of aromatic carboxylic acids is 1. The molecule has 1 heterocycles. The molecule has 0 aromatic carbocycles. The average molecular weight is 296 g/mol. The summed E-state index contributed by atoms with van der Waals surface area (Å²) in [7, 11) is 1.63. The second kappa shape index (κ2) is 7.45. The van der Waals surface area contributed by atoms with E-state index in [0.29, 0.717) is 18.0 Å². The van der Waals surface area contributed by atoms with E-state index in [2.05, 4.69) is 10.3 Å². The summed E-state index contributed by atoms with van der Waals surface area (Å²) in [5.74, 6) is -1.05. The molecule has 0 saturated heterocycles. The molecule has 0 bridgehead atoms. The number of rotatable bonds is 6. The number of carbonyl (C=O) groups excluding carboxylic acids is 1. The Bertz CT molecular complexity index is 523. The highest BCUT2D eigenvalue weighted by molar-refractivity contribution is 7.09. The normalized spacial score (nSPS) is 11.4. The van der Waals surface area contributed by atoms with Gasteiger partial charge in [0.1, 0.15) is 0 Å². The van der Waals surface area contributed by atoms with Gasteiger partial charge in [0.15, 0.2) is 5.69 Å². The first-order valence-electron chi connectivity index (χ1n) is 6.01. The molecule has 7 nitrogen and oxygen atoms in total. The molecule has 0 aliphatic heterocycles. The lowest BCUT2D eigenvalue weighted by atomic mass is 10.2. The molecule has 1 atom stereocenters. The molecule has 108 valence electrons. The van der Waals surface area contributed by atoms with Crippen LogP contribution in [0.15, 0.2) is 5.38 Å². The van der Waals surface area contributed by atoms with Crippen LogP contribution in [0.2, 0.25) is 0 Å². The van der Waals surface area contributed by atoms with Gasteiger partial charge in [-0.1, -0.05) is 0 Å². The van der Waals surface area contributed by atoms with Gasteiger partial charge < -0.3 is 15.3 Å². The van der Waals surface area contributed by atoms with Crippen LogP contribution in [0.5, 0.6) is 0 Å². The monoisotopic (exact) mass is 296 g/mol. The van der Waals surface area contributed by atoms with Gasteiger partial charge in [0, 0.05) is 31.4 Å². The summed E-state index contributed by atoms with van der Waals surface area (Å²) in [4.78, 5) is 27.8. The maximum atomic E-state index is 11.8. The van der Waals surface area contributed by atoms with E-state index < -0.39 is 5.97 Å². The molecule has 1 unspecified atom stereocenters. The van der Waals surface area contributed by atoms with Crippen molar-refractivity contribution in [1.29, 1.82) is 5.26 Å². The fourth-order valence-electron chi connectivity index (χ4n) is 1.39. The third kappa shape index (κ3) is 4.51. The fourth-order valence-corrected chi connectivity index (χ4v) is 2.17. The molecule has 1 rings (SSSR count). The molecule has 0 aliphatic rings. The molecule has 0 aliphatic carbocycles. The van der Waals surface area contributed by atoms with E-state index in [1.165, 1.54) is 21.6 Å². The number of hydrogen-bond donors (Lipinski definition) is 2. The lowest BCUT2D eigenvalue weighted by molar-refractivity contribution is 0.0691. The largest absolute Gasteiger partial charge is 0.476 e. The lowest BCUT2D eigenvalue weighted by Crippen LogP contribution is -2.42. The smallest absolute Gasteiger partial charge is 0.355 e. The zero-order valence-corrected chi connectivity index (χ0v) is 12.1. The van der Waals surface area contributed by atoms with Gasteiger partial charge in [0.25, 0.3) is 0 Å². The molecule has 1 aromatic heterocycles. The predicted octanol–water partition coefficient (Wildman–Crippen LogP) is 1.33. The number of hydrogen-bond acceptors (Lipinski definition) is 5. The van der Waals surface area contributed by atoms with E-state index in [0.717, 1.165) is 0 Å². The molecular weight excluding hydrogens is 280 g/mol. The Morgan fingerprint density at radius 3 is 2.90 bits per heavy atom. The summed E-state index contributed by atoms with van der Waals surface area (Å²) in [6.45, 7) is 2.16. The Balaban J connectivity index is 2.38. The fraction of sp³-hybridized carbons (Fsp3) is 0.500. The molecule has 2 amide bonds. The van der Waals surface area contributed by atoms with Gasteiger partial charge in [0.05, 0.1) is 17.5 Å². The van der Waals surface area contributed by atoms with Crippen molar-refractivity contribution in [2.24, 2.45) is 0 Å². The van der Waals surface area contributed by atoms with E-state index in [1.54, 1.807) is 14.0 Å². The summed E-state index contributed by atoms with van der Waals surface area (Å²) in [5.41, 5.74) is 0.0242. The van der Waals surface area contributed by atoms with Crippen LogP contribution in [0, 0.1) is 11.3 Å². The predicted molar refractivity (Wildman–Crippen MR) is 73.6 cm³/mol. The number of nitrogens with zero attached hydrogens (tertiary/aromatic N) is 3. The van der Waals surface area contributed by atoms with Gasteiger partial charge in [-0.15, -0.1) is 11.3 Å². The number of carboxylic acids is 1. The van der Waals surface area contributed by atoms with E-state index >= 15 is 0 Å². The maximum absolute atomic E-state index is 11.8. The highest BCUT2D eigenvalue weighted by atomic mass is 32.1. The highest BCUT2D eigenvalue weighted by Crippen LogP contribution is 2.10. The van der Waals surface area contributed by atoms with Crippen LogP contribution in [-0.4, -0.2) is 46.6 Å². The van der Waals surface area contributed by atoms with Crippen LogP contribution in [0.1, 0.15) is 28.8 Å². The van der Waals surface area contributed by atoms with Crippen LogP contribution >= 0.6 is 11.3 Å². The summed E-state index contributed by atoms with van der Waals surface area (Å²) < 4.78 is 0. The summed E-state index contributed by atoms with van der Waals surface area (Å²) in [5, 5.41) is 22.2. The lowest BCUT2D eigenvalue weighted by Gasteiger charge is -2.23. The Morgan fingerprint density at radius 2 is 2.35 bits per heavy atom. The maximum Gasteiger partial charge on any atom is 0.355 e. The molecule has 0 saturated carbocycles. The molecule has 0 radical (unpaired) electrons.